The second kappa shape index (κ2) is 12.3. The molecule has 0 atom stereocenters. The van der Waals surface area contributed by atoms with Crippen molar-refractivity contribution >= 4 is 40.4 Å². The highest BCUT2D eigenvalue weighted by Gasteiger charge is 2.14. The Morgan fingerprint density at radius 2 is 1.70 bits per heavy atom. The van der Waals surface area contributed by atoms with Gasteiger partial charge in [0, 0.05) is 29.4 Å². The summed E-state index contributed by atoms with van der Waals surface area (Å²) in [5, 5.41) is 15.0. The lowest BCUT2D eigenvalue weighted by Crippen LogP contribution is -2.34. The molecule has 10 heteroatoms. The topological polar surface area (TPSA) is 96.5 Å². The highest BCUT2D eigenvalue weighted by atomic mass is 35.5. The monoisotopic (exact) mass is 487 g/mol. The second-order valence-electron chi connectivity index (χ2n) is 7.06. The summed E-state index contributed by atoms with van der Waals surface area (Å²) in [7, 11) is 0. The zero-order chi connectivity index (χ0) is 23.6. The average molecular weight is 488 g/mol. The summed E-state index contributed by atoms with van der Waals surface area (Å²) >= 11 is 7.01. The van der Waals surface area contributed by atoms with E-state index in [-0.39, 0.29) is 23.4 Å². The Morgan fingerprint density at radius 3 is 2.36 bits per heavy atom. The number of hydrogen-bond donors (Lipinski definition) is 2. The van der Waals surface area contributed by atoms with Gasteiger partial charge < -0.3 is 20.3 Å². The van der Waals surface area contributed by atoms with Crippen LogP contribution in [0.1, 0.15) is 39.0 Å². The van der Waals surface area contributed by atoms with E-state index in [1.54, 1.807) is 48.5 Å². The lowest BCUT2D eigenvalue weighted by Gasteiger charge is -2.17. The fraction of sp³-hybridized carbons (Fsp3) is 0.304. The highest BCUT2D eigenvalue weighted by Crippen LogP contribution is 2.19. The molecule has 1 heterocycles. The third-order valence-electron chi connectivity index (χ3n) is 4.85. The molecule has 2 aromatic carbocycles. The van der Waals surface area contributed by atoms with E-state index in [1.807, 2.05) is 0 Å². The van der Waals surface area contributed by atoms with E-state index in [2.05, 4.69) is 39.6 Å². The molecule has 0 aliphatic rings. The van der Waals surface area contributed by atoms with Crippen LogP contribution in [0.25, 0.3) is 0 Å². The molecule has 0 spiro atoms. The Labute approximate surface area is 201 Å². The number of nitrogens with zero attached hydrogens (tertiary/aromatic N) is 3. The van der Waals surface area contributed by atoms with Crippen LogP contribution in [0.3, 0.4) is 0 Å². The summed E-state index contributed by atoms with van der Waals surface area (Å²) in [6.07, 6.45) is 0. The molecule has 174 valence electrons. The molecule has 3 rings (SSSR count). The quantitative estimate of drug-likeness (QED) is 0.423. The zero-order valence-electron chi connectivity index (χ0n) is 18.5. The molecule has 0 aliphatic heterocycles. The van der Waals surface area contributed by atoms with Crippen LogP contribution in [-0.2, 0) is 6.61 Å². The Hall–Kier alpha value is -3.01. The van der Waals surface area contributed by atoms with Crippen molar-refractivity contribution in [2.45, 2.75) is 20.5 Å². The highest BCUT2D eigenvalue weighted by molar-refractivity contribution is 7.13. The predicted molar refractivity (Wildman–Crippen MR) is 130 cm³/mol. The molecule has 0 unspecified atom stereocenters. The van der Waals surface area contributed by atoms with Gasteiger partial charge in [-0.25, -0.2) is 0 Å². The van der Waals surface area contributed by atoms with Gasteiger partial charge >= 0.3 is 0 Å². The van der Waals surface area contributed by atoms with Crippen LogP contribution in [0.4, 0.5) is 5.69 Å². The van der Waals surface area contributed by atoms with Gasteiger partial charge in [0.1, 0.15) is 12.4 Å². The van der Waals surface area contributed by atoms with Crippen molar-refractivity contribution in [2.75, 3.05) is 31.5 Å². The second-order valence-corrected chi connectivity index (χ2v) is 8.56. The molecule has 2 N–H and O–H groups in total. The number of amides is 2. The first-order chi connectivity index (χ1) is 16.0. The standard InChI is InChI=1S/C23H26ClN5O3S/c1-3-29(4-2)14-13-25-21(30)16-5-9-18(10-6-16)26-22(31)23-28-27-20(33-23)15-32-19-11-7-17(24)8-12-19/h5-12H,3-4,13-15H2,1-2H3,(H,25,30)(H,26,31). The van der Waals surface area contributed by atoms with E-state index in [4.69, 9.17) is 16.3 Å². The van der Waals surface area contributed by atoms with Gasteiger partial charge in [0.15, 0.2) is 5.01 Å². The smallest absolute Gasteiger partial charge is 0.286 e. The van der Waals surface area contributed by atoms with Crippen molar-refractivity contribution in [3.63, 3.8) is 0 Å². The number of carbonyl (C=O) groups is 2. The number of benzene rings is 2. The maximum Gasteiger partial charge on any atom is 0.286 e. The number of aromatic nitrogens is 2. The van der Waals surface area contributed by atoms with Crippen molar-refractivity contribution < 1.29 is 14.3 Å². The third kappa shape index (κ3) is 7.52. The first-order valence-electron chi connectivity index (χ1n) is 10.6. The van der Waals surface area contributed by atoms with E-state index < -0.39 is 0 Å². The minimum atomic E-state index is -0.373. The SMILES string of the molecule is CCN(CC)CCNC(=O)c1ccc(NC(=O)c2nnc(COc3ccc(Cl)cc3)s2)cc1. The van der Waals surface area contributed by atoms with Crippen LogP contribution in [0, 0.1) is 0 Å². The molecular formula is C23H26ClN5O3S. The lowest BCUT2D eigenvalue weighted by atomic mass is 10.2. The van der Waals surface area contributed by atoms with Gasteiger partial charge in [0.05, 0.1) is 0 Å². The summed E-state index contributed by atoms with van der Waals surface area (Å²) in [5.41, 5.74) is 1.10. The predicted octanol–water partition coefficient (Wildman–Crippen LogP) is 4.09. The van der Waals surface area contributed by atoms with E-state index in [1.165, 1.54) is 0 Å². The van der Waals surface area contributed by atoms with Crippen LogP contribution in [0.15, 0.2) is 48.5 Å². The first kappa shape index (κ1) is 24.6. The molecule has 1 aromatic heterocycles. The summed E-state index contributed by atoms with van der Waals surface area (Å²) in [5.74, 6) is 0.133. The summed E-state index contributed by atoms with van der Waals surface area (Å²) in [6.45, 7) is 7.68. The summed E-state index contributed by atoms with van der Waals surface area (Å²) < 4.78 is 5.62. The van der Waals surface area contributed by atoms with Crippen molar-refractivity contribution in [1.29, 1.82) is 0 Å². The average Bonchev–Trinajstić information content (AvgIpc) is 3.31. The molecule has 3 aromatic rings. The molecule has 8 nitrogen and oxygen atoms in total. The number of rotatable bonds is 11. The summed E-state index contributed by atoms with van der Waals surface area (Å²) in [4.78, 5) is 27.0. The van der Waals surface area contributed by atoms with Crippen LogP contribution in [0.5, 0.6) is 5.75 Å². The number of ether oxygens (including phenoxy) is 1. The molecule has 33 heavy (non-hydrogen) atoms. The van der Waals surface area contributed by atoms with Crippen molar-refractivity contribution in [2.24, 2.45) is 0 Å². The van der Waals surface area contributed by atoms with Gasteiger partial charge in [-0.15, -0.1) is 10.2 Å². The Balaban J connectivity index is 1.48. The molecule has 0 saturated heterocycles. The van der Waals surface area contributed by atoms with Crippen molar-refractivity contribution in [3.05, 3.63) is 69.1 Å². The molecule has 0 radical (unpaired) electrons. The van der Waals surface area contributed by atoms with Crippen LogP contribution in [0.2, 0.25) is 5.02 Å². The molecule has 0 aliphatic carbocycles. The van der Waals surface area contributed by atoms with Gasteiger partial charge in [-0.2, -0.15) is 0 Å². The number of anilines is 1. The number of halogens is 1. The number of likely N-dealkylation sites (N-methyl/N-ethyl adjacent to an activating group) is 1. The molecule has 0 bridgehead atoms. The van der Waals surface area contributed by atoms with Crippen LogP contribution >= 0.6 is 22.9 Å². The minimum Gasteiger partial charge on any atom is -0.486 e. The van der Waals surface area contributed by atoms with Gasteiger partial charge in [0.2, 0.25) is 5.01 Å². The Morgan fingerprint density at radius 1 is 1.00 bits per heavy atom. The largest absolute Gasteiger partial charge is 0.486 e. The van der Waals surface area contributed by atoms with E-state index in [0.717, 1.165) is 31.0 Å². The van der Waals surface area contributed by atoms with E-state index in [0.29, 0.717) is 33.6 Å². The van der Waals surface area contributed by atoms with E-state index in [9.17, 15) is 9.59 Å². The Bertz CT molecular complexity index is 1050. The minimum absolute atomic E-state index is 0.144. The van der Waals surface area contributed by atoms with Gasteiger partial charge in [-0.3, -0.25) is 9.59 Å². The van der Waals surface area contributed by atoms with Gasteiger partial charge in [0.25, 0.3) is 11.8 Å². The molecule has 2 amide bonds. The van der Waals surface area contributed by atoms with Crippen LogP contribution < -0.4 is 15.4 Å². The normalized spacial score (nSPS) is 10.8. The first-order valence-corrected chi connectivity index (χ1v) is 11.8. The Kier molecular flexibility index (Phi) is 9.17. The number of hydrogen-bond acceptors (Lipinski definition) is 7. The summed E-state index contributed by atoms with van der Waals surface area (Å²) in [6, 6.07) is 13.7. The molecule has 0 fully saturated rings. The fourth-order valence-electron chi connectivity index (χ4n) is 2.94. The number of nitrogens with one attached hydrogen (secondary N) is 2. The maximum atomic E-state index is 12.5. The zero-order valence-corrected chi connectivity index (χ0v) is 20.1. The van der Waals surface area contributed by atoms with Gasteiger partial charge in [-0.05, 0) is 61.6 Å². The van der Waals surface area contributed by atoms with Crippen molar-refractivity contribution in [1.82, 2.24) is 20.4 Å². The third-order valence-corrected chi connectivity index (χ3v) is 6.00. The van der Waals surface area contributed by atoms with Crippen LogP contribution in [-0.4, -0.2) is 53.1 Å². The van der Waals surface area contributed by atoms with E-state index >= 15 is 0 Å². The van der Waals surface area contributed by atoms with Crippen molar-refractivity contribution in [3.8, 4) is 5.75 Å². The fourth-order valence-corrected chi connectivity index (χ4v) is 3.71. The maximum absolute atomic E-state index is 12.5. The molecular weight excluding hydrogens is 462 g/mol. The number of carbonyl (C=O) groups excluding carboxylic acids is 2. The molecule has 0 saturated carbocycles. The van der Waals surface area contributed by atoms with Gasteiger partial charge in [-0.1, -0.05) is 36.8 Å². The lowest BCUT2D eigenvalue weighted by molar-refractivity contribution is 0.0948.